The molecule has 27 heavy (non-hydrogen) atoms. The van der Waals surface area contributed by atoms with Gasteiger partial charge in [-0.3, -0.25) is 4.99 Å². The molecule has 0 unspecified atom stereocenters. The van der Waals surface area contributed by atoms with Crippen molar-refractivity contribution in [2.45, 2.75) is 19.7 Å². The van der Waals surface area contributed by atoms with Gasteiger partial charge in [0.15, 0.2) is 5.96 Å². The van der Waals surface area contributed by atoms with Crippen LogP contribution in [0.1, 0.15) is 16.7 Å². The van der Waals surface area contributed by atoms with Crippen LogP contribution in [0.3, 0.4) is 0 Å². The van der Waals surface area contributed by atoms with Gasteiger partial charge < -0.3 is 20.1 Å². The average molecular weight is 481 g/mol. The Labute approximate surface area is 178 Å². The molecule has 0 aliphatic rings. The van der Waals surface area contributed by atoms with Crippen molar-refractivity contribution >= 4 is 29.9 Å². The van der Waals surface area contributed by atoms with Crippen LogP contribution in [0.4, 0.5) is 0 Å². The van der Waals surface area contributed by atoms with Crippen LogP contribution in [0, 0.1) is 0 Å². The Bertz CT molecular complexity index is 735. The fourth-order valence-electron chi connectivity index (χ4n) is 2.52. The van der Waals surface area contributed by atoms with Crippen molar-refractivity contribution in [2.75, 3.05) is 20.8 Å². The first-order chi connectivity index (χ1) is 12.8. The van der Waals surface area contributed by atoms with Crippen molar-refractivity contribution < 1.29 is 9.47 Å². The highest BCUT2D eigenvalue weighted by atomic mass is 127. The third-order valence-corrected chi connectivity index (χ3v) is 3.76. The molecule has 0 spiro atoms. The number of aliphatic imine (C=N–C) groups is 1. The summed E-state index contributed by atoms with van der Waals surface area (Å²) >= 11 is 0. The normalized spacial score (nSPS) is 10.7. The van der Waals surface area contributed by atoms with Gasteiger partial charge in [0.2, 0.25) is 0 Å². The molecule has 0 bridgehead atoms. The van der Waals surface area contributed by atoms with E-state index < -0.39 is 0 Å². The molecule has 0 amide bonds. The number of benzene rings is 2. The van der Waals surface area contributed by atoms with Crippen molar-refractivity contribution in [1.82, 2.24) is 10.6 Å². The fraction of sp³-hybridized carbons (Fsp3) is 0.286. The first-order valence-electron chi connectivity index (χ1n) is 8.59. The Morgan fingerprint density at radius 2 is 1.81 bits per heavy atom. The average Bonchev–Trinajstić information content (AvgIpc) is 2.68. The summed E-state index contributed by atoms with van der Waals surface area (Å²) in [6, 6.07) is 16.2. The third kappa shape index (κ3) is 8.01. The monoisotopic (exact) mass is 481 g/mol. The van der Waals surface area contributed by atoms with Gasteiger partial charge in [-0.15, -0.1) is 24.0 Å². The SMILES string of the molecule is C=CCOc1ccccc1CNC(=NC)NCc1cccc(COC)c1.I. The molecular formula is C21H28IN3O2. The zero-order valence-corrected chi connectivity index (χ0v) is 18.2. The first-order valence-corrected chi connectivity index (χ1v) is 8.59. The summed E-state index contributed by atoms with van der Waals surface area (Å²) in [5.74, 6) is 1.59. The smallest absolute Gasteiger partial charge is 0.191 e. The molecular weight excluding hydrogens is 453 g/mol. The van der Waals surface area contributed by atoms with Gasteiger partial charge in [0.1, 0.15) is 12.4 Å². The van der Waals surface area contributed by atoms with E-state index in [4.69, 9.17) is 9.47 Å². The van der Waals surface area contributed by atoms with Crippen molar-refractivity contribution in [2.24, 2.45) is 4.99 Å². The van der Waals surface area contributed by atoms with E-state index in [-0.39, 0.29) is 24.0 Å². The summed E-state index contributed by atoms with van der Waals surface area (Å²) in [6.07, 6.45) is 1.74. The lowest BCUT2D eigenvalue weighted by Gasteiger charge is -2.14. The molecule has 2 aromatic carbocycles. The molecule has 0 radical (unpaired) electrons. The van der Waals surface area contributed by atoms with Gasteiger partial charge in [-0.25, -0.2) is 0 Å². The maximum absolute atomic E-state index is 5.69. The highest BCUT2D eigenvalue weighted by Gasteiger charge is 2.04. The Kier molecular flexibility index (Phi) is 11.2. The Balaban J connectivity index is 0.00000364. The van der Waals surface area contributed by atoms with E-state index in [9.17, 15) is 0 Å². The van der Waals surface area contributed by atoms with E-state index in [2.05, 4.69) is 40.4 Å². The zero-order valence-electron chi connectivity index (χ0n) is 15.9. The number of para-hydroxylation sites is 1. The number of ether oxygens (including phenoxy) is 2. The van der Waals surface area contributed by atoms with Crippen LogP contribution in [-0.4, -0.2) is 26.7 Å². The maximum atomic E-state index is 5.69. The summed E-state index contributed by atoms with van der Waals surface area (Å²) in [5, 5.41) is 6.65. The van der Waals surface area contributed by atoms with Crippen LogP contribution >= 0.6 is 24.0 Å². The topological polar surface area (TPSA) is 54.9 Å². The van der Waals surface area contributed by atoms with Crippen LogP contribution in [0.15, 0.2) is 66.2 Å². The lowest BCUT2D eigenvalue weighted by molar-refractivity contribution is 0.185. The second kappa shape index (κ2) is 13.2. The Hall–Kier alpha value is -2.06. The van der Waals surface area contributed by atoms with Crippen molar-refractivity contribution in [3.05, 3.63) is 77.9 Å². The summed E-state index contributed by atoms with van der Waals surface area (Å²) in [7, 11) is 3.46. The first kappa shape index (κ1) is 23.0. The molecule has 0 heterocycles. The number of rotatable bonds is 9. The second-order valence-electron chi connectivity index (χ2n) is 5.74. The van der Waals surface area contributed by atoms with Gasteiger partial charge in [0.25, 0.3) is 0 Å². The molecule has 0 aliphatic carbocycles. The van der Waals surface area contributed by atoms with Gasteiger partial charge in [-0.1, -0.05) is 55.1 Å². The van der Waals surface area contributed by atoms with Gasteiger partial charge in [-0.2, -0.15) is 0 Å². The zero-order chi connectivity index (χ0) is 18.6. The van der Waals surface area contributed by atoms with E-state index in [1.807, 2.05) is 30.3 Å². The van der Waals surface area contributed by atoms with Crippen LogP contribution in [0.25, 0.3) is 0 Å². The van der Waals surface area contributed by atoms with E-state index in [1.54, 1.807) is 20.2 Å². The molecule has 0 aromatic heterocycles. The van der Waals surface area contributed by atoms with Crippen LogP contribution in [0.2, 0.25) is 0 Å². The van der Waals surface area contributed by atoms with Gasteiger partial charge >= 0.3 is 0 Å². The van der Waals surface area contributed by atoms with Gasteiger partial charge in [0.05, 0.1) is 6.61 Å². The minimum absolute atomic E-state index is 0. The summed E-state index contributed by atoms with van der Waals surface area (Å²) < 4.78 is 10.9. The van der Waals surface area contributed by atoms with Crippen molar-refractivity contribution in [3.63, 3.8) is 0 Å². The molecule has 146 valence electrons. The number of methoxy groups -OCH3 is 1. The number of hydrogen-bond acceptors (Lipinski definition) is 3. The number of guanidine groups is 1. The number of nitrogens with zero attached hydrogens (tertiary/aromatic N) is 1. The molecule has 0 fully saturated rings. The van der Waals surface area contributed by atoms with Gasteiger partial charge in [-0.05, 0) is 17.2 Å². The quantitative estimate of drug-likeness (QED) is 0.247. The molecule has 2 aromatic rings. The lowest BCUT2D eigenvalue weighted by Crippen LogP contribution is -2.36. The number of hydrogen-bond donors (Lipinski definition) is 2. The summed E-state index contributed by atoms with van der Waals surface area (Å²) in [4.78, 5) is 4.28. The Morgan fingerprint density at radius 1 is 1.07 bits per heavy atom. The third-order valence-electron chi connectivity index (χ3n) is 3.76. The molecule has 5 nitrogen and oxygen atoms in total. The molecule has 2 N–H and O–H groups in total. The second-order valence-corrected chi connectivity index (χ2v) is 5.74. The molecule has 0 saturated carbocycles. The van der Waals surface area contributed by atoms with Crippen LogP contribution < -0.4 is 15.4 Å². The van der Waals surface area contributed by atoms with E-state index in [0.29, 0.717) is 26.3 Å². The molecule has 6 heteroatoms. The minimum Gasteiger partial charge on any atom is -0.489 e. The minimum atomic E-state index is 0. The largest absolute Gasteiger partial charge is 0.489 e. The van der Waals surface area contributed by atoms with Crippen molar-refractivity contribution in [3.8, 4) is 5.75 Å². The highest BCUT2D eigenvalue weighted by Crippen LogP contribution is 2.17. The predicted octanol–water partition coefficient (Wildman–Crippen LogP) is 3.88. The number of halogens is 1. The van der Waals surface area contributed by atoms with Gasteiger partial charge in [0, 0.05) is 32.8 Å². The lowest BCUT2D eigenvalue weighted by atomic mass is 10.1. The predicted molar refractivity (Wildman–Crippen MR) is 122 cm³/mol. The van der Waals surface area contributed by atoms with E-state index >= 15 is 0 Å². The van der Waals surface area contributed by atoms with Crippen LogP contribution in [-0.2, 0) is 24.4 Å². The summed E-state index contributed by atoms with van der Waals surface area (Å²) in [5.41, 5.74) is 3.40. The van der Waals surface area contributed by atoms with Crippen molar-refractivity contribution in [1.29, 1.82) is 0 Å². The fourth-order valence-corrected chi connectivity index (χ4v) is 2.52. The summed E-state index contributed by atoms with van der Waals surface area (Å²) in [6.45, 7) is 6.10. The molecule has 2 rings (SSSR count). The van der Waals surface area contributed by atoms with E-state index in [0.717, 1.165) is 22.8 Å². The molecule has 0 aliphatic heterocycles. The Morgan fingerprint density at radius 3 is 2.56 bits per heavy atom. The standard InChI is InChI=1S/C21H27N3O2.HI/c1-4-12-26-20-11-6-5-10-19(20)15-24-21(22-2)23-14-17-8-7-9-18(13-17)16-25-3;/h4-11,13H,1,12,14-16H2,2-3H3,(H2,22,23,24);1H. The highest BCUT2D eigenvalue weighted by molar-refractivity contribution is 14.0. The van der Waals surface area contributed by atoms with Crippen LogP contribution in [0.5, 0.6) is 5.75 Å². The maximum Gasteiger partial charge on any atom is 0.191 e. The molecule has 0 atom stereocenters. The van der Waals surface area contributed by atoms with E-state index in [1.165, 1.54) is 5.56 Å². The molecule has 0 saturated heterocycles. The number of nitrogens with one attached hydrogen (secondary N) is 2.